The molecule has 3 rings (SSSR count). The molecule has 0 spiro atoms. The van der Waals surface area contributed by atoms with Gasteiger partial charge in [-0.1, -0.05) is 41.9 Å². The first-order valence-electron chi connectivity index (χ1n) is 9.55. The van der Waals surface area contributed by atoms with Gasteiger partial charge in [0, 0.05) is 37.8 Å². The summed E-state index contributed by atoms with van der Waals surface area (Å²) in [6, 6.07) is 10.5. The molecule has 30 heavy (non-hydrogen) atoms. The van der Waals surface area contributed by atoms with Crippen LogP contribution in [-0.4, -0.2) is 77.0 Å². The van der Waals surface area contributed by atoms with Crippen molar-refractivity contribution in [2.24, 2.45) is 0 Å². The van der Waals surface area contributed by atoms with E-state index in [1.165, 1.54) is 6.07 Å². The number of piperazine rings is 1. The molecule has 0 atom stereocenters. The second kappa shape index (κ2) is 10.0. The summed E-state index contributed by atoms with van der Waals surface area (Å²) in [7, 11) is 0. The number of ether oxygens (including phenoxy) is 1. The normalized spacial score (nSPS) is 13.7. The second-order valence-electron chi connectivity index (χ2n) is 6.51. The fourth-order valence-electron chi connectivity index (χ4n) is 2.96. The zero-order valence-electron chi connectivity index (χ0n) is 16.5. The molecule has 1 aliphatic heterocycles. The van der Waals surface area contributed by atoms with E-state index < -0.39 is 5.91 Å². The summed E-state index contributed by atoms with van der Waals surface area (Å²) in [5, 5.41) is 2.71. The van der Waals surface area contributed by atoms with Gasteiger partial charge in [0.05, 0.1) is 13.2 Å². The number of rotatable bonds is 5. The number of hydrogen-bond donors (Lipinski definition) is 1. The SMILES string of the molecule is CCOC(=O)N1CCN(C(=O)CNC(=O)c2cc(Cl)nc(-c3ccccc3)n2)CC1. The summed E-state index contributed by atoms with van der Waals surface area (Å²) in [4.78, 5) is 48.2. The molecule has 1 saturated heterocycles. The van der Waals surface area contributed by atoms with Gasteiger partial charge in [-0.15, -0.1) is 0 Å². The van der Waals surface area contributed by atoms with Gasteiger partial charge in [0.2, 0.25) is 5.91 Å². The molecular formula is C20H22ClN5O4. The Morgan fingerprint density at radius 3 is 2.40 bits per heavy atom. The highest BCUT2D eigenvalue weighted by molar-refractivity contribution is 6.29. The summed E-state index contributed by atoms with van der Waals surface area (Å²) in [5.41, 5.74) is 0.804. The van der Waals surface area contributed by atoms with Crippen LogP contribution in [0.2, 0.25) is 5.15 Å². The Bertz CT molecular complexity index is 917. The number of aromatic nitrogens is 2. The Hall–Kier alpha value is -3.20. The van der Waals surface area contributed by atoms with Crippen LogP contribution >= 0.6 is 11.6 Å². The van der Waals surface area contributed by atoms with Crippen LogP contribution < -0.4 is 5.32 Å². The smallest absolute Gasteiger partial charge is 0.409 e. The van der Waals surface area contributed by atoms with E-state index in [0.29, 0.717) is 38.6 Å². The molecule has 1 aliphatic rings. The third kappa shape index (κ3) is 5.44. The monoisotopic (exact) mass is 431 g/mol. The van der Waals surface area contributed by atoms with E-state index in [0.717, 1.165) is 5.56 Å². The third-order valence-electron chi connectivity index (χ3n) is 4.52. The van der Waals surface area contributed by atoms with Gasteiger partial charge in [0.1, 0.15) is 10.8 Å². The summed E-state index contributed by atoms with van der Waals surface area (Å²) in [5.74, 6) is -0.431. The molecule has 1 fully saturated rings. The van der Waals surface area contributed by atoms with Crippen LogP contribution in [0.25, 0.3) is 11.4 Å². The van der Waals surface area contributed by atoms with Gasteiger partial charge >= 0.3 is 6.09 Å². The van der Waals surface area contributed by atoms with E-state index in [1.54, 1.807) is 16.7 Å². The molecule has 0 radical (unpaired) electrons. The van der Waals surface area contributed by atoms with Crippen molar-refractivity contribution in [3.63, 3.8) is 0 Å². The standard InChI is InChI=1S/C20H22ClN5O4/c1-2-30-20(29)26-10-8-25(9-11-26)17(27)13-22-19(28)15-12-16(21)24-18(23-15)14-6-4-3-5-7-14/h3-7,12H,2,8-11,13H2,1H3,(H,22,28). The molecule has 9 nitrogen and oxygen atoms in total. The first-order valence-corrected chi connectivity index (χ1v) is 9.93. The van der Waals surface area contributed by atoms with E-state index in [1.807, 2.05) is 30.3 Å². The summed E-state index contributed by atoms with van der Waals surface area (Å²) in [6.07, 6.45) is -0.382. The molecule has 10 heteroatoms. The highest BCUT2D eigenvalue weighted by Crippen LogP contribution is 2.17. The molecule has 158 valence electrons. The number of carbonyl (C=O) groups excluding carboxylic acids is 3. The first-order chi connectivity index (χ1) is 14.5. The quantitative estimate of drug-likeness (QED) is 0.724. The summed E-state index contributed by atoms with van der Waals surface area (Å²) in [6.45, 7) is 3.41. The maximum absolute atomic E-state index is 12.5. The van der Waals surface area contributed by atoms with Crippen molar-refractivity contribution < 1.29 is 19.1 Å². The Kier molecular flexibility index (Phi) is 7.18. The van der Waals surface area contributed by atoms with Crippen molar-refractivity contribution in [3.8, 4) is 11.4 Å². The molecular weight excluding hydrogens is 410 g/mol. The van der Waals surface area contributed by atoms with Gasteiger partial charge in [-0.25, -0.2) is 14.8 Å². The van der Waals surface area contributed by atoms with Crippen molar-refractivity contribution in [3.05, 3.63) is 47.2 Å². The van der Waals surface area contributed by atoms with Gasteiger partial charge in [-0.05, 0) is 6.92 Å². The van der Waals surface area contributed by atoms with Crippen molar-refractivity contribution in [2.45, 2.75) is 6.92 Å². The number of nitrogens with zero attached hydrogens (tertiary/aromatic N) is 4. The number of halogens is 1. The molecule has 2 heterocycles. The number of nitrogens with one attached hydrogen (secondary N) is 1. The maximum atomic E-state index is 12.5. The van der Waals surface area contributed by atoms with E-state index in [9.17, 15) is 14.4 Å². The van der Waals surface area contributed by atoms with Crippen molar-refractivity contribution in [2.75, 3.05) is 39.3 Å². The van der Waals surface area contributed by atoms with Crippen LogP contribution in [-0.2, 0) is 9.53 Å². The van der Waals surface area contributed by atoms with Crippen LogP contribution in [0.5, 0.6) is 0 Å². The van der Waals surface area contributed by atoms with E-state index in [4.69, 9.17) is 16.3 Å². The van der Waals surface area contributed by atoms with E-state index in [2.05, 4.69) is 15.3 Å². The highest BCUT2D eigenvalue weighted by atomic mass is 35.5. The molecule has 3 amide bonds. The highest BCUT2D eigenvalue weighted by Gasteiger charge is 2.25. The number of carbonyl (C=O) groups is 3. The first kappa shape index (κ1) is 21.5. The van der Waals surface area contributed by atoms with Crippen LogP contribution in [0.3, 0.4) is 0 Å². The zero-order valence-corrected chi connectivity index (χ0v) is 17.3. The Labute approximate surface area is 179 Å². The fourth-order valence-corrected chi connectivity index (χ4v) is 3.15. The van der Waals surface area contributed by atoms with Gasteiger partial charge in [0.15, 0.2) is 5.82 Å². The van der Waals surface area contributed by atoms with E-state index >= 15 is 0 Å². The van der Waals surface area contributed by atoms with E-state index in [-0.39, 0.29) is 29.4 Å². The van der Waals surface area contributed by atoms with Gasteiger partial charge in [-0.2, -0.15) is 0 Å². The Morgan fingerprint density at radius 2 is 1.73 bits per heavy atom. The fraction of sp³-hybridized carbons (Fsp3) is 0.350. The molecule has 0 bridgehead atoms. The predicted molar refractivity (Wildman–Crippen MR) is 110 cm³/mol. The number of hydrogen-bond acceptors (Lipinski definition) is 6. The lowest BCUT2D eigenvalue weighted by molar-refractivity contribution is -0.131. The Balaban J connectivity index is 1.55. The van der Waals surface area contributed by atoms with Crippen LogP contribution in [0, 0.1) is 0 Å². The minimum Gasteiger partial charge on any atom is -0.450 e. The number of amides is 3. The van der Waals surface area contributed by atoms with Gasteiger partial charge in [-0.3, -0.25) is 9.59 Å². The molecule has 1 aromatic heterocycles. The van der Waals surface area contributed by atoms with Crippen molar-refractivity contribution in [1.82, 2.24) is 25.1 Å². The van der Waals surface area contributed by atoms with Crippen molar-refractivity contribution >= 4 is 29.5 Å². The van der Waals surface area contributed by atoms with Gasteiger partial charge in [0.25, 0.3) is 5.91 Å². The van der Waals surface area contributed by atoms with Crippen LogP contribution in [0.15, 0.2) is 36.4 Å². The number of benzene rings is 1. The molecule has 0 aliphatic carbocycles. The minimum atomic E-state index is -0.519. The lowest BCUT2D eigenvalue weighted by Gasteiger charge is -2.34. The maximum Gasteiger partial charge on any atom is 0.409 e. The minimum absolute atomic E-state index is 0.0776. The molecule has 1 N–H and O–H groups in total. The van der Waals surface area contributed by atoms with Crippen molar-refractivity contribution in [1.29, 1.82) is 0 Å². The second-order valence-corrected chi connectivity index (χ2v) is 6.90. The third-order valence-corrected chi connectivity index (χ3v) is 4.71. The topological polar surface area (TPSA) is 105 Å². The molecule has 2 aromatic rings. The Morgan fingerprint density at radius 1 is 1.07 bits per heavy atom. The molecule has 0 saturated carbocycles. The zero-order chi connectivity index (χ0) is 21.5. The average molecular weight is 432 g/mol. The summed E-state index contributed by atoms with van der Waals surface area (Å²) < 4.78 is 4.96. The molecule has 0 unspecified atom stereocenters. The summed E-state index contributed by atoms with van der Waals surface area (Å²) >= 11 is 6.04. The van der Waals surface area contributed by atoms with Crippen LogP contribution in [0.1, 0.15) is 17.4 Å². The molecule has 1 aromatic carbocycles. The lowest BCUT2D eigenvalue weighted by atomic mass is 10.2. The van der Waals surface area contributed by atoms with Gasteiger partial charge < -0.3 is 19.9 Å². The lowest BCUT2D eigenvalue weighted by Crippen LogP contribution is -2.52. The van der Waals surface area contributed by atoms with Crippen LogP contribution in [0.4, 0.5) is 4.79 Å². The largest absolute Gasteiger partial charge is 0.450 e. The average Bonchev–Trinajstić information content (AvgIpc) is 2.77. The predicted octanol–water partition coefficient (Wildman–Crippen LogP) is 1.83.